The Morgan fingerprint density at radius 3 is 1.58 bits per heavy atom. The molecule has 0 spiro atoms. The summed E-state index contributed by atoms with van der Waals surface area (Å²) in [4.78, 5) is 19.9. The van der Waals surface area contributed by atoms with Gasteiger partial charge in [-0.15, -0.1) is 0 Å². The van der Waals surface area contributed by atoms with E-state index in [1.165, 1.54) is 5.39 Å². The lowest BCUT2D eigenvalue weighted by atomic mass is 9.96. The van der Waals surface area contributed by atoms with Gasteiger partial charge in [0.05, 0.1) is 5.56 Å². The van der Waals surface area contributed by atoms with Crippen molar-refractivity contribution in [3.8, 4) is 56.7 Å². The molecule has 6 aromatic carbocycles. The van der Waals surface area contributed by atoms with Crippen molar-refractivity contribution in [3.05, 3.63) is 146 Å². The molecule has 0 saturated carbocycles. The molecule has 0 radical (unpaired) electrons. The van der Waals surface area contributed by atoms with E-state index in [1.54, 1.807) is 0 Å². The highest BCUT2D eigenvalue weighted by molar-refractivity contribution is 6.06. The number of hydrogen-bond donors (Lipinski definition) is 0. The highest BCUT2D eigenvalue weighted by Crippen LogP contribution is 2.40. The summed E-state index contributed by atoms with van der Waals surface area (Å²) in [5, 5.41) is 2.32. The van der Waals surface area contributed by atoms with Crippen molar-refractivity contribution in [1.29, 1.82) is 0 Å². The Bertz CT molecular complexity index is 2160. The van der Waals surface area contributed by atoms with Crippen molar-refractivity contribution in [2.45, 2.75) is 0 Å². The first-order valence-electron chi connectivity index (χ1n) is 14.2. The van der Waals surface area contributed by atoms with Crippen LogP contribution in [-0.4, -0.2) is 19.9 Å². The third kappa shape index (κ3) is 4.53. The van der Waals surface area contributed by atoms with Gasteiger partial charge in [-0.1, -0.05) is 127 Å². The van der Waals surface area contributed by atoms with Crippen LogP contribution < -0.4 is 0 Å². The van der Waals surface area contributed by atoms with Crippen LogP contribution in [0.5, 0.6) is 0 Å². The third-order valence-corrected chi connectivity index (χ3v) is 7.58. The first kappa shape index (κ1) is 24.8. The van der Waals surface area contributed by atoms with Gasteiger partial charge in [0.1, 0.15) is 5.52 Å². The first-order valence-corrected chi connectivity index (χ1v) is 14.2. The van der Waals surface area contributed by atoms with Crippen LogP contribution in [0, 0.1) is 0 Å². The van der Waals surface area contributed by atoms with Crippen molar-refractivity contribution in [2.24, 2.45) is 0 Å². The normalized spacial score (nSPS) is 11.3. The number of rotatable bonds is 5. The topological polar surface area (TPSA) is 64.7 Å². The summed E-state index contributed by atoms with van der Waals surface area (Å²) < 4.78 is 6.59. The van der Waals surface area contributed by atoms with Gasteiger partial charge in [-0.2, -0.15) is 0 Å². The molecule has 43 heavy (non-hydrogen) atoms. The number of aromatic nitrogens is 4. The average molecular weight is 553 g/mol. The molecule has 0 N–H and O–H groups in total. The predicted octanol–water partition coefficient (Wildman–Crippen LogP) is 9.50. The van der Waals surface area contributed by atoms with Gasteiger partial charge in [0, 0.05) is 22.3 Å². The smallest absolute Gasteiger partial charge is 0.227 e. The van der Waals surface area contributed by atoms with Crippen LogP contribution in [0.4, 0.5) is 0 Å². The lowest BCUT2D eigenvalue weighted by molar-refractivity contribution is 0.620. The molecule has 8 aromatic rings. The van der Waals surface area contributed by atoms with Gasteiger partial charge in [0.2, 0.25) is 5.89 Å². The van der Waals surface area contributed by atoms with E-state index in [0.29, 0.717) is 28.9 Å². The van der Waals surface area contributed by atoms with E-state index in [4.69, 9.17) is 24.4 Å². The highest BCUT2D eigenvalue weighted by Gasteiger charge is 2.21. The van der Waals surface area contributed by atoms with Gasteiger partial charge >= 0.3 is 0 Å². The fourth-order valence-corrected chi connectivity index (χ4v) is 5.49. The monoisotopic (exact) mass is 552 g/mol. The van der Waals surface area contributed by atoms with E-state index in [9.17, 15) is 0 Å². The molecule has 0 fully saturated rings. The predicted molar refractivity (Wildman–Crippen MR) is 172 cm³/mol. The van der Waals surface area contributed by atoms with Crippen molar-refractivity contribution >= 4 is 21.9 Å². The fourth-order valence-electron chi connectivity index (χ4n) is 5.49. The van der Waals surface area contributed by atoms with Crippen molar-refractivity contribution in [2.75, 3.05) is 0 Å². The molecule has 202 valence electrons. The zero-order valence-corrected chi connectivity index (χ0v) is 23.1. The lowest BCUT2D eigenvalue weighted by Gasteiger charge is -2.11. The van der Waals surface area contributed by atoms with Gasteiger partial charge in [-0.3, -0.25) is 0 Å². The SMILES string of the molecule is c1ccc(-c2nc(-c3ccccc3)nc(-c3ccc(-c4cccc5ccccc45)c4nc(-c5ccccc5)oc34)n2)cc1. The molecular weight excluding hydrogens is 528 g/mol. The largest absolute Gasteiger partial charge is 0.435 e. The number of hydrogen-bond acceptors (Lipinski definition) is 5. The van der Waals surface area contributed by atoms with Crippen LogP contribution in [0.3, 0.4) is 0 Å². The molecular formula is C38H24N4O. The summed E-state index contributed by atoms with van der Waals surface area (Å²) in [7, 11) is 0. The minimum Gasteiger partial charge on any atom is -0.435 e. The summed E-state index contributed by atoms with van der Waals surface area (Å²) in [6.45, 7) is 0. The maximum absolute atomic E-state index is 6.59. The molecule has 0 bridgehead atoms. The minimum absolute atomic E-state index is 0.526. The zero-order chi connectivity index (χ0) is 28.6. The van der Waals surface area contributed by atoms with E-state index < -0.39 is 0 Å². The Kier molecular flexibility index (Phi) is 6.05. The summed E-state index contributed by atoms with van der Waals surface area (Å²) in [6, 6.07) is 48.8. The number of oxazole rings is 1. The average Bonchev–Trinajstić information content (AvgIpc) is 3.54. The molecule has 0 aliphatic rings. The molecule has 5 heteroatoms. The summed E-state index contributed by atoms with van der Waals surface area (Å²) in [5.74, 6) is 2.26. The second-order valence-electron chi connectivity index (χ2n) is 10.3. The number of fused-ring (bicyclic) bond motifs is 2. The van der Waals surface area contributed by atoms with Crippen molar-refractivity contribution in [3.63, 3.8) is 0 Å². The summed E-state index contributed by atoms with van der Waals surface area (Å²) in [5.41, 5.74) is 6.95. The van der Waals surface area contributed by atoms with Gasteiger partial charge in [-0.05, 0) is 34.5 Å². The molecule has 2 aromatic heterocycles. The van der Waals surface area contributed by atoms with Crippen LogP contribution in [0.1, 0.15) is 0 Å². The van der Waals surface area contributed by atoms with Crippen molar-refractivity contribution < 1.29 is 4.42 Å². The summed E-state index contributed by atoms with van der Waals surface area (Å²) in [6.07, 6.45) is 0. The Morgan fingerprint density at radius 2 is 0.907 bits per heavy atom. The minimum atomic E-state index is 0.526. The highest BCUT2D eigenvalue weighted by atomic mass is 16.3. The van der Waals surface area contributed by atoms with Crippen LogP contribution >= 0.6 is 0 Å². The van der Waals surface area contributed by atoms with Crippen LogP contribution in [0.25, 0.3) is 78.6 Å². The fraction of sp³-hybridized carbons (Fsp3) is 0. The van der Waals surface area contributed by atoms with E-state index in [-0.39, 0.29) is 0 Å². The third-order valence-electron chi connectivity index (χ3n) is 7.58. The first-order chi connectivity index (χ1) is 21.3. The quantitative estimate of drug-likeness (QED) is 0.213. The van der Waals surface area contributed by atoms with Crippen LogP contribution in [0.2, 0.25) is 0 Å². The Morgan fingerprint density at radius 1 is 0.372 bits per heavy atom. The summed E-state index contributed by atoms with van der Waals surface area (Å²) >= 11 is 0. The van der Waals surface area contributed by atoms with E-state index in [2.05, 4.69) is 48.5 Å². The molecule has 0 atom stereocenters. The van der Waals surface area contributed by atoms with E-state index >= 15 is 0 Å². The molecule has 0 aliphatic carbocycles. The lowest BCUT2D eigenvalue weighted by Crippen LogP contribution is -2.00. The molecule has 0 aliphatic heterocycles. The Balaban J connectivity index is 1.40. The zero-order valence-electron chi connectivity index (χ0n) is 23.1. The van der Waals surface area contributed by atoms with Crippen molar-refractivity contribution in [1.82, 2.24) is 19.9 Å². The second kappa shape index (κ2) is 10.5. The molecule has 0 saturated heterocycles. The molecule has 0 unspecified atom stereocenters. The van der Waals surface area contributed by atoms with Gasteiger partial charge in [0.15, 0.2) is 23.1 Å². The molecule has 8 rings (SSSR count). The molecule has 0 amide bonds. The van der Waals surface area contributed by atoms with E-state index in [1.807, 2.05) is 97.1 Å². The molecule has 5 nitrogen and oxygen atoms in total. The van der Waals surface area contributed by atoms with Gasteiger partial charge < -0.3 is 4.42 Å². The second-order valence-corrected chi connectivity index (χ2v) is 10.3. The Labute approximate surface area is 248 Å². The molecule has 2 heterocycles. The maximum Gasteiger partial charge on any atom is 0.227 e. The Hall–Kier alpha value is -5.94. The standard InChI is InChI=1S/C38H24N4O/c1-4-14-26(15-5-1)35-40-36(27-16-6-2-7-17-27)42-37(41-35)32-24-23-31(30-22-12-20-25-13-10-11-21-29(25)30)33-34(32)43-38(39-33)28-18-8-3-9-19-28/h1-24H. The van der Waals surface area contributed by atoms with Gasteiger partial charge in [-0.25, -0.2) is 19.9 Å². The van der Waals surface area contributed by atoms with Crippen LogP contribution in [-0.2, 0) is 0 Å². The van der Waals surface area contributed by atoms with E-state index in [0.717, 1.165) is 44.3 Å². The van der Waals surface area contributed by atoms with Gasteiger partial charge in [0.25, 0.3) is 0 Å². The number of benzene rings is 6. The number of nitrogens with zero attached hydrogens (tertiary/aromatic N) is 4. The maximum atomic E-state index is 6.59. The van der Waals surface area contributed by atoms with Crippen LogP contribution in [0.15, 0.2) is 150 Å².